The van der Waals surface area contributed by atoms with Crippen molar-refractivity contribution in [3.63, 3.8) is 0 Å². The Balaban J connectivity index is 1.41. The van der Waals surface area contributed by atoms with E-state index in [1.807, 2.05) is 6.07 Å². The van der Waals surface area contributed by atoms with Crippen LogP contribution in [0.25, 0.3) is 22.2 Å². The van der Waals surface area contributed by atoms with Crippen LogP contribution in [0, 0.1) is 0 Å². The first-order valence-electron chi connectivity index (χ1n) is 13.3. The van der Waals surface area contributed by atoms with Gasteiger partial charge in [0.2, 0.25) is 5.91 Å². The molecule has 0 unspecified atom stereocenters. The molecule has 210 valence electrons. The van der Waals surface area contributed by atoms with Gasteiger partial charge in [-0.05, 0) is 56.4 Å². The predicted molar refractivity (Wildman–Crippen MR) is 147 cm³/mol. The number of anilines is 2. The van der Waals surface area contributed by atoms with Crippen LogP contribution in [0.1, 0.15) is 43.7 Å². The third-order valence-corrected chi connectivity index (χ3v) is 7.41. The Hall–Kier alpha value is -3.99. The molecule has 11 heteroatoms. The number of hydrogen-bond acceptors (Lipinski definition) is 6. The zero-order chi connectivity index (χ0) is 28.4. The van der Waals surface area contributed by atoms with Gasteiger partial charge in [-0.2, -0.15) is 18.3 Å². The van der Waals surface area contributed by atoms with E-state index in [9.17, 15) is 23.1 Å². The van der Waals surface area contributed by atoms with Crippen molar-refractivity contribution in [1.29, 1.82) is 0 Å². The fraction of sp³-hybridized carbons (Fsp3) is 0.379. The van der Waals surface area contributed by atoms with Crippen LogP contribution < -0.4 is 10.2 Å². The molecular weight excluding hydrogens is 521 g/mol. The van der Waals surface area contributed by atoms with Gasteiger partial charge >= 0.3 is 6.18 Å². The van der Waals surface area contributed by atoms with Crippen molar-refractivity contribution in [2.24, 2.45) is 7.05 Å². The Morgan fingerprint density at radius 1 is 1.15 bits per heavy atom. The number of alkyl halides is 3. The van der Waals surface area contributed by atoms with Crippen LogP contribution >= 0.6 is 0 Å². The molecule has 0 radical (unpaired) electrons. The Morgan fingerprint density at radius 2 is 1.93 bits per heavy atom. The molecule has 2 N–H and O–H groups in total. The van der Waals surface area contributed by atoms with Crippen LogP contribution in [0.5, 0.6) is 0 Å². The van der Waals surface area contributed by atoms with Gasteiger partial charge in [0.1, 0.15) is 6.33 Å². The number of aromatic nitrogens is 4. The first-order chi connectivity index (χ1) is 19.1. The van der Waals surface area contributed by atoms with E-state index in [1.165, 1.54) is 18.5 Å². The maximum absolute atomic E-state index is 13.0. The molecule has 1 amide bonds. The highest BCUT2D eigenvalue weighted by Crippen LogP contribution is 2.36. The summed E-state index contributed by atoms with van der Waals surface area (Å²) in [4.78, 5) is 23.8. The van der Waals surface area contributed by atoms with Gasteiger partial charge < -0.3 is 15.3 Å². The van der Waals surface area contributed by atoms with Gasteiger partial charge in [0, 0.05) is 42.8 Å². The summed E-state index contributed by atoms with van der Waals surface area (Å²) in [5.74, 6) is -0.165. The monoisotopic (exact) mass is 552 g/mol. The number of aliphatic hydroxyl groups excluding tert-OH is 1. The molecule has 0 spiro atoms. The molecular formula is C29H31F3N6O2. The zero-order valence-corrected chi connectivity index (χ0v) is 22.3. The van der Waals surface area contributed by atoms with Crippen molar-refractivity contribution in [3.8, 4) is 11.3 Å². The minimum Gasteiger partial charge on any atom is -0.393 e. The molecule has 0 aliphatic heterocycles. The number of benzene rings is 2. The number of carbonyl (C=O) groups is 1. The summed E-state index contributed by atoms with van der Waals surface area (Å²) in [5, 5.41) is 18.0. The van der Waals surface area contributed by atoms with E-state index in [1.54, 1.807) is 24.0 Å². The lowest BCUT2D eigenvalue weighted by atomic mass is 9.91. The quantitative estimate of drug-likeness (QED) is 0.321. The van der Waals surface area contributed by atoms with Crippen LogP contribution in [0.2, 0.25) is 0 Å². The van der Waals surface area contributed by atoms with E-state index in [0.29, 0.717) is 5.82 Å². The van der Waals surface area contributed by atoms with Gasteiger partial charge in [0.25, 0.3) is 0 Å². The molecule has 8 nitrogen and oxygen atoms in total. The summed E-state index contributed by atoms with van der Waals surface area (Å²) in [5.41, 5.74) is 2.88. The number of nitrogens with one attached hydrogen (secondary N) is 1. The second-order valence-electron chi connectivity index (χ2n) is 10.2. The Labute approximate surface area is 229 Å². The molecule has 2 aromatic heterocycles. The molecule has 2 aromatic carbocycles. The minimum atomic E-state index is -4.47. The van der Waals surface area contributed by atoms with Gasteiger partial charge in [0.05, 0.1) is 35.0 Å². The number of aryl methyl sites for hydroxylation is 1. The lowest BCUT2D eigenvalue weighted by molar-refractivity contribution is -0.137. The van der Waals surface area contributed by atoms with E-state index < -0.39 is 17.6 Å². The fourth-order valence-electron chi connectivity index (χ4n) is 5.48. The minimum absolute atomic E-state index is 0.213. The predicted octanol–water partition coefficient (Wildman–Crippen LogP) is 5.36. The van der Waals surface area contributed by atoms with Gasteiger partial charge in [0.15, 0.2) is 5.82 Å². The number of rotatable bonds is 7. The third-order valence-electron chi connectivity index (χ3n) is 7.41. The first-order valence-corrected chi connectivity index (χ1v) is 13.3. The van der Waals surface area contributed by atoms with Crippen molar-refractivity contribution in [1.82, 2.24) is 19.7 Å². The highest BCUT2D eigenvalue weighted by molar-refractivity contribution is 5.96. The highest BCUT2D eigenvalue weighted by Gasteiger charge is 2.30. The summed E-state index contributed by atoms with van der Waals surface area (Å²) >= 11 is 0. The van der Waals surface area contributed by atoms with Crippen molar-refractivity contribution in [2.75, 3.05) is 16.8 Å². The lowest BCUT2D eigenvalue weighted by Crippen LogP contribution is -2.39. The summed E-state index contributed by atoms with van der Waals surface area (Å²) in [7, 11) is 1.77. The number of hydrogen-bond donors (Lipinski definition) is 2. The number of halogens is 3. The Bertz CT molecular complexity index is 1510. The summed E-state index contributed by atoms with van der Waals surface area (Å²) in [6.07, 6.45) is 1.66. The maximum Gasteiger partial charge on any atom is 0.416 e. The summed E-state index contributed by atoms with van der Waals surface area (Å²) in [6.45, 7) is 2.87. The molecule has 5 rings (SSSR count). The van der Waals surface area contributed by atoms with E-state index in [2.05, 4.69) is 38.3 Å². The van der Waals surface area contributed by atoms with Crippen molar-refractivity contribution < 1.29 is 23.1 Å². The number of fused-ring (bicyclic) bond motifs is 1. The van der Waals surface area contributed by atoms with Crippen LogP contribution in [0.4, 0.5) is 24.7 Å². The van der Waals surface area contributed by atoms with E-state index in [-0.39, 0.29) is 24.1 Å². The molecule has 0 bridgehead atoms. The SMILES string of the molecule is CCN(c1cc(-c2cc(NC(=O)Cc3cccc(C(F)(F)F)c3)nn2C)cc2cncnc12)C1CCC(O)CC1. The number of carbonyl (C=O) groups excluding carboxylic acids is 1. The van der Waals surface area contributed by atoms with Gasteiger partial charge in [-0.25, -0.2) is 9.97 Å². The van der Waals surface area contributed by atoms with Crippen LogP contribution in [0.15, 0.2) is 55.0 Å². The van der Waals surface area contributed by atoms with Crippen LogP contribution in [0.3, 0.4) is 0 Å². The van der Waals surface area contributed by atoms with E-state index in [4.69, 9.17) is 0 Å². The third kappa shape index (κ3) is 5.94. The Kier molecular flexibility index (Phi) is 7.75. The second-order valence-corrected chi connectivity index (χ2v) is 10.2. The number of nitrogens with zero attached hydrogens (tertiary/aromatic N) is 5. The second kappa shape index (κ2) is 11.2. The van der Waals surface area contributed by atoms with E-state index in [0.717, 1.165) is 72.2 Å². The molecule has 2 heterocycles. The molecule has 0 atom stereocenters. The number of amides is 1. The Morgan fingerprint density at radius 3 is 2.65 bits per heavy atom. The summed E-state index contributed by atoms with van der Waals surface area (Å²) in [6, 6.07) is 10.8. The molecule has 40 heavy (non-hydrogen) atoms. The standard InChI is InChI=1S/C29H31F3N6O2/c1-3-38(22-7-9-23(39)10-8-22)25-14-19(13-20-16-33-17-34-28(20)25)24-15-26(36-37(24)2)35-27(40)12-18-5-4-6-21(11-18)29(30,31)32/h4-6,11,13-17,22-23,39H,3,7-10,12H2,1-2H3,(H,35,36,40). The van der Waals surface area contributed by atoms with Gasteiger partial charge in [-0.15, -0.1) is 0 Å². The van der Waals surface area contributed by atoms with Crippen LogP contribution in [-0.2, 0) is 24.4 Å². The van der Waals surface area contributed by atoms with Crippen molar-refractivity contribution >= 4 is 28.3 Å². The normalized spacial score (nSPS) is 17.6. The smallest absolute Gasteiger partial charge is 0.393 e. The first kappa shape index (κ1) is 27.6. The summed E-state index contributed by atoms with van der Waals surface area (Å²) < 4.78 is 40.8. The molecule has 4 aromatic rings. The van der Waals surface area contributed by atoms with Crippen LogP contribution in [-0.4, -0.2) is 49.5 Å². The number of aliphatic hydroxyl groups is 1. The van der Waals surface area contributed by atoms with Gasteiger partial charge in [-0.1, -0.05) is 18.2 Å². The zero-order valence-electron chi connectivity index (χ0n) is 22.3. The van der Waals surface area contributed by atoms with Crippen molar-refractivity contribution in [3.05, 3.63) is 66.1 Å². The van der Waals surface area contributed by atoms with Crippen molar-refractivity contribution in [2.45, 2.75) is 57.3 Å². The molecule has 1 fully saturated rings. The van der Waals surface area contributed by atoms with Gasteiger partial charge in [-0.3, -0.25) is 9.48 Å². The molecule has 1 saturated carbocycles. The largest absolute Gasteiger partial charge is 0.416 e. The average molecular weight is 553 g/mol. The molecule has 1 aliphatic carbocycles. The topological polar surface area (TPSA) is 96.2 Å². The molecule has 0 saturated heterocycles. The highest BCUT2D eigenvalue weighted by atomic mass is 19.4. The maximum atomic E-state index is 13.0. The molecule has 1 aliphatic rings. The fourth-order valence-corrected chi connectivity index (χ4v) is 5.48. The lowest BCUT2D eigenvalue weighted by Gasteiger charge is -2.37. The average Bonchev–Trinajstić information content (AvgIpc) is 3.29. The van der Waals surface area contributed by atoms with E-state index >= 15 is 0 Å².